The summed E-state index contributed by atoms with van der Waals surface area (Å²) < 4.78 is 16.0. The van der Waals surface area contributed by atoms with Gasteiger partial charge >= 0.3 is 0 Å². The maximum atomic E-state index is 12.7. The first kappa shape index (κ1) is 23.2. The third kappa shape index (κ3) is 6.74. The zero-order valence-electron chi connectivity index (χ0n) is 18.8. The number of hydrogen-bond acceptors (Lipinski definition) is 6. The molecule has 1 saturated heterocycles. The zero-order chi connectivity index (χ0) is 22.1. The highest BCUT2D eigenvalue weighted by Gasteiger charge is 2.26. The van der Waals surface area contributed by atoms with Gasteiger partial charge in [-0.25, -0.2) is 9.97 Å². The number of aryl methyl sites for hydroxylation is 2. The summed E-state index contributed by atoms with van der Waals surface area (Å²) >= 11 is 0. The minimum atomic E-state index is 0.211. The van der Waals surface area contributed by atoms with Crippen LogP contribution >= 0.6 is 0 Å². The number of benzene rings is 1. The molecule has 1 aromatic carbocycles. The van der Waals surface area contributed by atoms with Crippen molar-refractivity contribution in [1.82, 2.24) is 14.9 Å². The van der Waals surface area contributed by atoms with Crippen LogP contribution in [0.3, 0.4) is 0 Å². The van der Waals surface area contributed by atoms with Gasteiger partial charge in [0.25, 0.3) is 0 Å². The Kier molecular flexibility index (Phi) is 8.79. The fraction of sp³-hybridized carbons (Fsp3) is 0.542. The summed E-state index contributed by atoms with van der Waals surface area (Å²) in [7, 11) is 3.32. The van der Waals surface area contributed by atoms with Gasteiger partial charge < -0.3 is 19.1 Å². The van der Waals surface area contributed by atoms with E-state index in [4.69, 9.17) is 19.2 Å². The molecular weight excluding hydrogens is 394 g/mol. The average Bonchev–Trinajstić information content (AvgIpc) is 2.81. The lowest BCUT2D eigenvalue weighted by Gasteiger charge is -2.32. The predicted molar refractivity (Wildman–Crippen MR) is 118 cm³/mol. The molecule has 7 heteroatoms. The van der Waals surface area contributed by atoms with Gasteiger partial charge in [0.1, 0.15) is 11.6 Å². The number of likely N-dealkylation sites (tertiary alicyclic amines) is 1. The van der Waals surface area contributed by atoms with Crippen molar-refractivity contribution in [1.29, 1.82) is 0 Å². The first-order valence-electron chi connectivity index (χ1n) is 10.9. The Bertz CT molecular complexity index is 850. The minimum absolute atomic E-state index is 0.211. The molecule has 7 nitrogen and oxygen atoms in total. The monoisotopic (exact) mass is 427 g/mol. The number of amides is 1. The summed E-state index contributed by atoms with van der Waals surface area (Å²) in [5.74, 6) is 2.13. The number of ether oxygens (including phenoxy) is 3. The molecule has 0 aliphatic carbocycles. The van der Waals surface area contributed by atoms with Crippen LogP contribution in [-0.4, -0.2) is 61.3 Å². The number of carbonyl (C=O) groups is 1. The molecule has 0 N–H and O–H groups in total. The molecule has 0 spiro atoms. The molecule has 0 atom stereocenters. The van der Waals surface area contributed by atoms with Crippen molar-refractivity contribution in [2.24, 2.45) is 0 Å². The van der Waals surface area contributed by atoms with E-state index in [0.717, 1.165) is 60.7 Å². The quantitative estimate of drug-likeness (QED) is 0.542. The molecule has 0 radical (unpaired) electrons. The van der Waals surface area contributed by atoms with Crippen molar-refractivity contribution in [2.75, 3.05) is 40.5 Å². The summed E-state index contributed by atoms with van der Waals surface area (Å²) in [5, 5.41) is 0. The molecule has 0 unspecified atom stereocenters. The van der Waals surface area contributed by atoms with Crippen molar-refractivity contribution in [2.45, 2.75) is 45.1 Å². The minimum Gasteiger partial charge on any atom is -0.497 e. The fourth-order valence-electron chi connectivity index (χ4n) is 3.94. The molecule has 168 valence electrons. The fourth-order valence-corrected chi connectivity index (χ4v) is 3.94. The van der Waals surface area contributed by atoms with E-state index in [0.29, 0.717) is 32.2 Å². The number of hydrogen-bond donors (Lipinski definition) is 0. The van der Waals surface area contributed by atoms with E-state index in [2.05, 4.69) is 4.98 Å². The smallest absolute Gasteiger partial charge is 0.222 e. The zero-order valence-corrected chi connectivity index (χ0v) is 18.8. The van der Waals surface area contributed by atoms with E-state index < -0.39 is 0 Å². The molecule has 1 fully saturated rings. The first-order valence-corrected chi connectivity index (χ1v) is 10.9. The van der Waals surface area contributed by atoms with Gasteiger partial charge in [-0.3, -0.25) is 4.79 Å². The topological polar surface area (TPSA) is 73.8 Å². The Morgan fingerprint density at radius 1 is 1.19 bits per heavy atom. The number of methoxy groups -OCH3 is 2. The second kappa shape index (κ2) is 11.8. The van der Waals surface area contributed by atoms with Crippen LogP contribution in [0.5, 0.6) is 5.75 Å². The molecular formula is C24H33N3O4. The van der Waals surface area contributed by atoms with Gasteiger partial charge in [-0.05, 0) is 43.9 Å². The van der Waals surface area contributed by atoms with Crippen molar-refractivity contribution in [3.63, 3.8) is 0 Å². The van der Waals surface area contributed by atoms with Crippen LogP contribution in [0.2, 0.25) is 0 Å². The summed E-state index contributed by atoms with van der Waals surface area (Å²) in [6.45, 7) is 5.03. The van der Waals surface area contributed by atoms with Crippen LogP contribution < -0.4 is 4.74 Å². The van der Waals surface area contributed by atoms with E-state index >= 15 is 0 Å². The number of aromatic nitrogens is 2. The van der Waals surface area contributed by atoms with E-state index in [9.17, 15) is 4.79 Å². The van der Waals surface area contributed by atoms with Crippen molar-refractivity contribution in [3.8, 4) is 5.75 Å². The van der Waals surface area contributed by atoms with E-state index in [1.165, 1.54) is 0 Å². The maximum Gasteiger partial charge on any atom is 0.222 e. The van der Waals surface area contributed by atoms with Crippen molar-refractivity contribution < 1.29 is 19.0 Å². The number of rotatable bonds is 10. The van der Waals surface area contributed by atoms with E-state index in [1.54, 1.807) is 14.2 Å². The maximum absolute atomic E-state index is 12.7. The van der Waals surface area contributed by atoms with E-state index in [1.807, 2.05) is 42.3 Å². The highest BCUT2D eigenvalue weighted by atomic mass is 16.5. The second-order valence-electron chi connectivity index (χ2n) is 7.88. The van der Waals surface area contributed by atoms with Crippen molar-refractivity contribution in [3.05, 3.63) is 53.1 Å². The third-order valence-corrected chi connectivity index (χ3v) is 5.70. The van der Waals surface area contributed by atoms with Crippen LogP contribution in [0.15, 0.2) is 30.5 Å². The molecule has 3 rings (SSSR count). The van der Waals surface area contributed by atoms with Gasteiger partial charge in [0.05, 0.1) is 32.6 Å². The van der Waals surface area contributed by atoms with Gasteiger partial charge in [-0.2, -0.15) is 0 Å². The Balaban J connectivity index is 1.52. The van der Waals surface area contributed by atoms with Crippen LogP contribution in [0.25, 0.3) is 0 Å². The predicted octanol–water partition coefficient (Wildman–Crippen LogP) is 3.30. The molecule has 1 aromatic heterocycles. The first-order chi connectivity index (χ1) is 15.1. The molecule has 1 aliphatic heterocycles. The Hall–Kier alpha value is -2.51. The molecule has 2 heterocycles. The number of carbonyl (C=O) groups excluding carboxylic acids is 1. The lowest BCUT2D eigenvalue weighted by Crippen LogP contribution is -2.38. The van der Waals surface area contributed by atoms with E-state index in [-0.39, 0.29) is 5.91 Å². The normalized spacial score (nSPS) is 14.6. The van der Waals surface area contributed by atoms with Crippen molar-refractivity contribution >= 4 is 5.91 Å². The van der Waals surface area contributed by atoms with Crippen LogP contribution in [-0.2, 0) is 27.3 Å². The van der Waals surface area contributed by atoms with Gasteiger partial charge in [0, 0.05) is 44.3 Å². The Morgan fingerprint density at radius 3 is 2.74 bits per heavy atom. The van der Waals surface area contributed by atoms with Crippen LogP contribution in [0, 0.1) is 6.92 Å². The van der Waals surface area contributed by atoms with Gasteiger partial charge in [0.15, 0.2) is 0 Å². The number of piperidine rings is 1. The lowest BCUT2D eigenvalue weighted by atomic mass is 9.90. The molecule has 1 aliphatic rings. The molecule has 31 heavy (non-hydrogen) atoms. The average molecular weight is 428 g/mol. The van der Waals surface area contributed by atoms with Gasteiger partial charge in [-0.1, -0.05) is 12.1 Å². The third-order valence-electron chi connectivity index (χ3n) is 5.70. The molecule has 0 bridgehead atoms. The molecule has 2 aromatic rings. The second-order valence-corrected chi connectivity index (χ2v) is 7.88. The van der Waals surface area contributed by atoms with Crippen LogP contribution in [0.4, 0.5) is 0 Å². The Labute approximate surface area is 184 Å². The Morgan fingerprint density at radius 2 is 2.00 bits per heavy atom. The SMILES string of the molecule is COCCOCc1cnc(C)nc1C1CCN(C(=O)CCc2cccc(OC)c2)CC1. The van der Waals surface area contributed by atoms with Gasteiger partial charge in [0.2, 0.25) is 5.91 Å². The highest BCUT2D eigenvalue weighted by Crippen LogP contribution is 2.29. The summed E-state index contributed by atoms with van der Waals surface area (Å²) in [6, 6.07) is 7.91. The lowest BCUT2D eigenvalue weighted by molar-refractivity contribution is -0.132. The molecule has 0 saturated carbocycles. The summed E-state index contributed by atoms with van der Waals surface area (Å²) in [6.07, 6.45) is 4.93. The van der Waals surface area contributed by atoms with Gasteiger partial charge in [-0.15, -0.1) is 0 Å². The number of nitrogens with zero attached hydrogens (tertiary/aromatic N) is 3. The highest BCUT2D eigenvalue weighted by molar-refractivity contribution is 5.76. The summed E-state index contributed by atoms with van der Waals surface area (Å²) in [5.41, 5.74) is 3.22. The van der Waals surface area contributed by atoms with Crippen LogP contribution in [0.1, 0.15) is 47.8 Å². The standard InChI is InChI=1S/C24H33N3O4/c1-18-25-16-21(17-31-14-13-29-2)24(26-18)20-9-11-27(12-10-20)23(28)8-7-19-5-4-6-22(15-19)30-3/h4-6,15-16,20H,7-14,17H2,1-3H3. The summed E-state index contributed by atoms with van der Waals surface area (Å²) in [4.78, 5) is 23.8. The molecule has 1 amide bonds. The largest absolute Gasteiger partial charge is 0.497 e.